The number of phenolic OH excluding ortho intramolecular Hbond substituents is 1. The first-order chi connectivity index (χ1) is 11.0. The van der Waals surface area contributed by atoms with Crippen LogP contribution in [0.3, 0.4) is 0 Å². The number of fused-ring (bicyclic) bond motifs is 1. The first-order valence-electron chi connectivity index (χ1n) is 8.11. The molecule has 23 heavy (non-hydrogen) atoms. The van der Waals surface area contributed by atoms with Gasteiger partial charge in [0.2, 0.25) is 0 Å². The van der Waals surface area contributed by atoms with Crippen LogP contribution in [-0.4, -0.2) is 34.3 Å². The second-order valence-corrected chi connectivity index (χ2v) is 6.52. The summed E-state index contributed by atoms with van der Waals surface area (Å²) in [6.07, 6.45) is 2.21. The molecule has 3 rings (SSSR count). The Bertz CT molecular complexity index is 767. The molecule has 1 aliphatic heterocycles. The maximum absolute atomic E-state index is 11.9. The number of hydrogen-bond acceptors (Lipinski definition) is 5. The molecule has 2 unspecified atom stereocenters. The summed E-state index contributed by atoms with van der Waals surface area (Å²) in [4.78, 5) is 14.1. The number of aryl methyl sites for hydroxylation is 1. The van der Waals surface area contributed by atoms with E-state index in [1.54, 1.807) is 19.1 Å². The molecule has 5 nitrogen and oxygen atoms in total. The minimum Gasteiger partial charge on any atom is -0.508 e. The number of rotatable bonds is 3. The van der Waals surface area contributed by atoms with Crippen LogP contribution in [0.15, 0.2) is 27.4 Å². The van der Waals surface area contributed by atoms with Crippen LogP contribution in [0.2, 0.25) is 0 Å². The van der Waals surface area contributed by atoms with Crippen molar-refractivity contribution in [1.82, 2.24) is 4.90 Å². The smallest absolute Gasteiger partial charge is 0.336 e. The highest BCUT2D eigenvalue weighted by Gasteiger charge is 2.28. The van der Waals surface area contributed by atoms with Gasteiger partial charge in [-0.2, -0.15) is 0 Å². The molecule has 2 atom stereocenters. The van der Waals surface area contributed by atoms with E-state index in [1.165, 1.54) is 6.07 Å². The van der Waals surface area contributed by atoms with Crippen molar-refractivity contribution < 1.29 is 14.6 Å². The maximum Gasteiger partial charge on any atom is 0.336 e. The van der Waals surface area contributed by atoms with Crippen molar-refractivity contribution in [3.05, 3.63) is 39.7 Å². The van der Waals surface area contributed by atoms with E-state index in [4.69, 9.17) is 4.42 Å². The molecule has 1 fully saturated rings. The van der Waals surface area contributed by atoms with Crippen LogP contribution < -0.4 is 5.63 Å². The molecule has 0 radical (unpaired) electrons. The van der Waals surface area contributed by atoms with Crippen molar-refractivity contribution >= 4 is 11.0 Å². The molecule has 1 aromatic heterocycles. The van der Waals surface area contributed by atoms with Crippen LogP contribution in [0.1, 0.15) is 30.9 Å². The van der Waals surface area contributed by atoms with Gasteiger partial charge in [-0.15, -0.1) is 0 Å². The lowest BCUT2D eigenvalue weighted by molar-refractivity contribution is 0.0474. The molecule has 2 heterocycles. The predicted molar refractivity (Wildman–Crippen MR) is 88.6 cm³/mol. The Morgan fingerprint density at radius 3 is 2.91 bits per heavy atom. The zero-order valence-corrected chi connectivity index (χ0v) is 13.6. The summed E-state index contributed by atoms with van der Waals surface area (Å²) >= 11 is 0. The SMILES string of the molecule is Cc1c(O)ccc2c(CN3CCCC(C)C3CO)cc(=O)oc12. The molecule has 0 saturated carbocycles. The number of phenols is 1. The topological polar surface area (TPSA) is 73.9 Å². The Labute approximate surface area is 135 Å². The fraction of sp³-hybridized carbons (Fsp3) is 0.500. The highest BCUT2D eigenvalue weighted by molar-refractivity contribution is 5.84. The Morgan fingerprint density at radius 1 is 1.39 bits per heavy atom. The first kappa shape index (κ1) is 16.0. The summed E-state index contributed by atoms with van der Waals surface area (Å²) in [5.74, 6) is 0.559. The Morgan fingerprint density at radius 2 is 2.17 bits per heavy atom. The minimum atomic E-state index is -0.410. The number of piperidine rings is 1. The number of likely N-dealkylation sites (tertiary alicyclic amines) is 1. The predicted octanol–water partition coefficient (Wildman–Crippen LogP) is 2.40. The standard InChI is InChI=1S/C18H23NO4/c1-11-4-3-7-19(15(11)10-20)9-13-8-17(22)23-18-12(2)16(21)6-5-14(13)18/h5-6,8,11,15,20-21H,3-4,7,9-10H2,1-2H3. The lowest BCUT2D eigenvalue weighted by atomic mass is 9.90. The lowest BCUT2D eigenvalue weighted by Gasteiger charge is -2.39. The summed E-state index contributed by atoms with van der Waals surface area (Å²) < 4.78 is 5.29. The number of aliphatic hydroxyl groups is 1. The first-order valence-corrected chi connectivity index (χ1v) is 8.11. The van der Waals surface area contributed by atoms with Gasteiger partial charge in [0.15, 0.2) is 0 Å². The van der Waals surface area contributed by atoms with E-state index >= 15 is 0 Å². The molecule has 0 aliphatic carbocycles. The second-order valence-electron chi connectivity index (χ2n) is 6.52. The zero-order valence-electron chi connectivity index (χ0n) is 13.6. The van der Waals surface area contributed by atoms with Crippen LogP contribution in [0.5, 0.6) is 5.75 Å². The average Bonchev–Trinajstić information content (AvgIpc) is 2.51. The van der Waals surface area contributed by atoms with E-state index < -0.39 is 5.63 Å². The van der Waals surface area contributed by atoms with Crippen LogP contribution in [0.25, 0.3) is 11.0 Å². The van der Waals surface area contributed by atoms with Crippen LogP contribution in [0, 0.1) is 12.8 Å². The number of aromatic hydroxyl groups is 1. The third kappa shape index (κ3) is 2.99. The van der Waals surface area contributed by atoms with Gasteiger partial charge < -0.3 is 14.6 Å². The molecule has 124 valence electrons. The largest absolute Gasteiger partial charge is 0.508 e. The normalized spacial score (nSPS) is 22.6. The Hall–Kier alpha value is -1.85. The molecule has 1 saturated heterocycles. The molecule has 1 aromatic carbocycles. The molecular weight excluding hydrogens is 294 g/mol. The number of benzene rings is 1. The molecule has 0 spiro atoms. The van der Waals surface area contributed by atoms with E-state index in [9.17, 15) is 15.0 Å². The molecule has 2 N–H and O–H groups in total. The third-order valence-electron chi connectivity index (χ3n) is 5.01. The summed E-state index contributed by atoms with van der Waals surface area (Å²) in [6.45, 7) is 5.53. The van der Waals surface area contributed by atoms with E-state index in [2.05, 4.69) is 11.8 Å². The summed E-state index contributed by atoms with van der Waals surface area (Å²) in [5, 5.41) is 20.4. The molecule has 0 bridgehead atoms. The fourth-order valence-corrected chi connectivity index (χ4v) is 3.59. The summed E-state index contributed by atoms with van der Waals surface area (Å²) in [6, 6.07) is 5.05. The fourth-order valence-electron chi connectivity index (χ4n) is 3.59. The van der Waals surface area contributed by atoms with Gasteiger partial charge in [-0.25, -0.2) is 4.79 Å². The summed E-state index contributed by atoms with van der Waals surface area (Å²) in [7, 11) is 0. The Kier molecular flexibility index (Phi) is 4.41. The highest BCUT2D eigenvalue weighted by Crippen LogP contribution is 2.30. The maximum atomic E-state index is 11.9. The monoisotopic (exact) mass is 317 g/mol. The van der Waals surface area contributed by atoms with Gasteiger partial charge >= 0.3 is 5.63 Å². The second kappa shape index (κ2) is 6.34. The third-order valence-corrected chi connectivity index (χ3v) is 5.01. The van der Waals surface area contributed by atoms with E-state index in [-0.39, 0.29) is 18.4 Å². The highest BCUT2D eigenvalue weighted by atomic mass is 16.4. The van der Waals surface area contributed by atoms with Gasteiger partial charge in [0, 0.05) is 29.6 Å². The van der Waals surface area contributed by atoms with Gasteiger partial charge in [0.05, 0.1) is 6.61 Å². The minimum absolute atomic E-state index is 0.115. The molecule has 5 heteroatoms. The van der Waals surface area contributed by atoms with E-state index in [0.29, 0.717) is 23.6 Å². The van der Waals surface area contributed by atoms with Crippen molar-refractivity contribution in [1.29, 1.82) is 0 Å². The van der Waals surface area contributed by atoms with Crippen molar-refractivity contribution in [2.45, 2.75) is 39.3 Å². The zero-order chi connectivity index (χ0) is 16.6. The lowest BCUT2D eigenvalue weighted by Crippen LogP contribution is -2.46. The van der Waals surface area contributed by atoms with Gasteiger partial charge in [-0.3, -0.25) is 4.90 Å². The molecule has 0 amide bonds. The van der Waals surface area contributed by atoms with Gasteiger partial charge in [-0.1, -0.05) is 6.92 Å². The quantitative estimate of drug-likeness (QED) is 0.850. The molecular formula is C18H23NO4. The van der Waals surface area contributed by atoms with E-state index in [0.717, 1.165) is 30.3 Å². The van der Waals surface area contributed by atoms with Crippen molar-refractivity contribution in [2.75, 3.05) is 13.2 Å². The van der Waals surface area contributed by atoms with Gasteiger partial charge in [-0.05, 0) is 49.9 Å². The summed E-state index contributed by atoms with van der Waals surface area (Å²) in [5.41, 5.74) is 1.49. The van der Waals surface area contributed by atoms with Gasteiger partial charge in [0.1, 0.15) is 11.3 Å². The average molecular weight is 317 g/mol. The molecule has 2 aromatic rings. The number of aliphatic hydroxyl groups excluding tert-OH is 1. The number of hydrogen-bond donors (Lipinski definition) is 2. The van der Waals surface area contributed by atoms with Gasteiger partial charge in [0.25, 0.3) is 0 Å². The van der Waals surface area contributed by atoms with Crippen molar-refractivity contribution in [3.8, 4) is 5.75 Å². The van der Waals surface area contributed by atoms with Crippen molar-refractivity contribution in [2.24, 2.45) is 5.92 Å². The number of nitrogens with zero attached hydrogens (tertiary/aromatic N) is 1. The van der Waals surface area contributed by atoms with Crippen molar-refractivity contribution in [3.63, 3.8) is 0 Å². The van der Waals surface area contributed by atoms with E-state index in [1.807, 2.05) is 0 Å². The van der Waals surface area contributed by atoms with Crippen LogP contribution in [0.4, 0.5) is 0 Å². The Balaban J connectivity index is 2.03. The van der Waals surface area contributed by atoms with Crippen LogP contribution >= 0.6 is 0 Å². The molecule has 1 aliphatic rings. The van der Waals surface area contributed by atoms with Crippen LogP contribution in [-0.2, 0) is 6.54 Å².